The van der Waals surface area contributed by atoms with Crippen molar-refractivity contribution in [1.29, 1.82) is 0 Å². The van der Waals surface area contributed by atoms with Crippen molar-refractivity contribution in [3.8, 4) is 0 Å². The first-order valence-electron chi connectivity index (χ1n) is 7.20. The summed E-state index contributed by atoms with van der Waals surface area (Å²) >= 11 is 0. The van der Waals surface area contributed by atoms with Gasteiger partial charge in [-0.05, 0) is 25.8 Å². The minimum absolute atomic E-state index is 0.257. The molecule has 106 valence electrons. The van der Waals surface area contributed by atoms with Crippen LogP contribution >= 0.6 is 0 Å². The summed E-state index contributed by atoms with van der Waals surface area (Å²) in [6.07, 6.45) is 0.904. The number of hydrogen-bond acceptors (Lipinski definition) is 3. The topological polar surface area (TPSA) is 32.7 Å². The van der Waals surface area contributed by atoms with Crippen molar-refractivity contribution in [2.45, 2.75) is 45.4 Å². The highest BCUT2D eigenvalue weighted by atomic mass is 16.5. The third-order valence-electron chi connectivity index (χ3n) is 3.92. The standard InChI is InChI=1S/C16H25NO2/c1-4-15-11-19-13(3)9-17(15)10-16(18)14-7-5-12(2)6-8-14/h5-8,13,15-16,18H,4,9-11H2,1-3H3. The fraction of sp³-hybridized carbons (Fsp3) is 0.625. The molecule has 1 fully saturated rings. The van der Waals surface area contributed by atoms with E-state index in [1.807, 2.05) is 12.1 Å². The molecule has 1 aromatic carbocycles. The molecule has 1 saturated heterocycles. The second kappa shape index (κ2) is 6.51. The number of aliphatic hydroxyl groups excluding tert-OH is 1. The van der Waals surface area contributed by atoms with Gasteiger partial charge in [-0.2, -0.15) is 0 Å². The van der Waals surface area contributed by atoms with Gasteiger partial charge < -0.3 is 9.84 Å². The highest BCUT2D eigenvalue weighted by molar-refractivity contribution is 5.23. The summed E-state index contributed by atoms with van der Waals surface area (Å²) in [5, 5.41) is 10.4. The molecule has 0 spiro atoms. The Morgan fingerprint density at radius 1 is 1.37 bits per heavy atom. The monoisotopic (exact) mass is 263 g/mol. The molecule has 3 heteroatoms. The summed E-state index contributed by atoms with van der Waals surface area (Å²) in [6.45, 7) is 8.70. The van der Waals surface area contributed by atoms with E-state index >= 15 is 0 Å². The van der Waals surface area contributed by atoms with E-state index in [0.717, 1.165) is 25.1 Å². The van der Waals surface area contributed by atoms with Crippen LogP contribution in [0.2, 0.25) is 0 Å². The van der Waals surface area contributed by atoms with Gasteiger partial charge in [-0.25, -0.2) is 0 Å². The van der Waals surface area contributed by atoms with Gasteiger partial charge in [0.05, 0.1) is 18.8 Å². The lowest BCUT2D eigenvalue weighted by molar-refractivity contribution is -0.0681. The Morgan fingerprint density at radius 3 is 2.68 bits per heavy atom. The van der Waals surface area contributed by atoms with Crippen molar-refractivity contribution >= 4 is 0 Å². The highest BCUT2D eigenvalue weighted by Gasteiger charge is 2.27. The maximum absolute atomic E-state index is 10.4. The number of benzene rings is 1. The van der Waals surface area contributed by atoms with Crippen LogP contribution in [0.5, 0.6) is 0 Å². The maximum atomic E-state index is 10.4. The number of rotatable bonds is 4. The van der Waals surface area contributed by atoms with Crippen LogP contribution in [0.15, 0.2) is 24.3 Å². The van der Waals surface area contributed by atoms with E-state index in [9.17, 15) is 5.11 Å². The minimum atomic E-state index is -0.417. The molecule has 0 aromatic heterocycles. The summed E-state index contributed by atoms with van der Waals surface area (Å²) in [4.78, 5) is 2.36. The fourth-order valence-electron chi connectivity index (χ4n) is 2.63. The molecule has 0 bridgehead atoms. The van der Waals surface area contributed by atoms with Gasteiger partial charge in [0, 0.05) is 19.1 Å². The Kier molecular flexibility index (Phi) is 4.97. The van der Waals surface area contributed by atoms with E-state index < -0.39 is 6.10 Å². The lowest BCUT2D eigenvalue weighted by Gasteiger charge is -2.39. The number of hydrogen-bond donors (Lipinski definition) is 1. The van der Waals surface area contributed by atoms with E-state index in [2.05, 4.69) is 37.8 Å². The fourth-order valence-corrected chi connectivity index (χ4v) is 2.63. The van der Waals surface area contributed by atoms with Gasteiger partial charge in [0.1, 0.15) is 0 Å². The molecule has 1 N–H and O–H groups in total. The van der Waals surface area contributed by atoms with E-state index in [1.54, 1.807) is 0 Å². The molecule has 1 aliphatic rings. The third kappa shape index (κ3) is 3.78. The van der Waals surface area contributed by atoms with Crippen LogP contribution in [-0.2, 0) is 4.74 Å². The smallest absolute Gasteiger partial charge is 0.0917 e. The number of ether oxygens (including phenoxy) is 1. The molecule has 3 nitrogen and oxygen atoms in total. The quantitative estimate of drug-likeness (QED) is 0.906. The van der Waals surface area contributed by atoms with Crippen molar-refractivity contribution in [3.63, 3.8) is 0 Å². The first kappa shape index (κ1) is 14.5. The Balaban J connectivity index is 1.99. The van der Waals surface area contributed by atoms with Gasteiger partial charge in [0.25, 0.3) is 0 Å². The van der Waals surface area contributed by atoms with Crippen molar-refractivity contribution < 1.29 is 9.84 Å². The van der Waals surface area contributed by atoms with Gasteiger partial charge in [0.15, 0.2) is 0 Å². The lowest BCUT2D eigenvalue weighted by Crippen LogP contribution is -2.49. The van der Waals surface area contributed by atoms with Crippen LogP contribution in [0.25, 0.3) is 0 Å². The summed E-state index contributed by atoms with van der Waals surface area (Å²) in [5.74, 6) is 0. The van der Waals surface area contributed by atoms with Crippen molar-refractivity contribution in [1.82, 2.24) is 4.90 Å². The van der Waals surface area contributed by atoms with Gasteiger partial charge in [0.2, 0.25) is 0 Å². The largest absolute Gasteiger partial charge is 0.387 e. The zero-order valence-corrected chi connectivity index (χ0v) is 12.2. The Bertz CT molecular complexity index is 390. The summed E-state index contributed by atoms with van der Waals surface area (Å²) in [5.41, 5.74) is 2.22. The summed E-state index contributed by atoms with van der Waals surface area (Å²) in [6, 6.07) is 8.57. The van der Waals surface area contributed by atoms with Crippen molar-refractivity contribution in [2.24, 2.45) is 0 Å². The molecule has 0 saturated carbocycles. The molecular formula is C16H25NO2. The van der Waals surface area contributed by atoms with Crippen LogP contribution in [0.4, 0.5) is 0 Å². The Morgan fingerprint density at radius 2 is 2.05 bits per heavy atom. The average Bonchev–Trinajstić information content (AvgIpc) is 2.39. The second-order valence-electron chi connectivity index (χ2n) is 5.59. The van der Waals surface area contributed by atoms with E-state index in [-0.39, 0.29) is 6.10 Å². The lowest BCUT2D eigenvalue weighted by atomic mass is 10.0. The third-order valence-corrected chi connectivity index (χ3v) is 3.92. The van der Waals surface area contributed by atoms with Crippen LogP contribution in [0.1, 0.15) is 37.5 Å². The molecule has 1 aliphatic heterocycles. The van der Waals surface area contributed by atoms with E-state index in [0.29, 0.717) is 12.6 Å². The maximum Gasteiger partial charge on any atom is 0.0917 e. The Hall–Kier alpha value is -0.900. The molecule has 0 aliphatic carbocycles. The molecule has 19 heavy (non-hydrogen) atoms. The highest BCUT2D eigenvalue weighted by Crippen LogP contribution is 2.20. The molecule has 1 heterocycles. The molecule has 3 atom stereocenters. The van der Waals surface area contributed by atoms with E-state index in [4.69, 9.17) is 4.74 Å². The molecule has 0 radical (unpaired) electrons. The zero-order chi connectivity index (χ0) is 13.8. The Labute approximate surface area is 116 Å². The van der Waals surface area contributed by atoms with Gasteiger partial charge in [-0.1, -0.05) is 36.8 Å². The number of β-amino-alcohol motifs (C(OH)–C–C–N with tert-alkyl or cyclic N) is 1. The van der Waals surface area contributed by atoms with Gasteiger partial charge >= 0.3 is 0 Å². The van der Waals surface area contributed by atoms with Crippen LogP contribution in [-0.4, -0.2) is 41.8 Å². The zero-order valence-electron chi connectivity index (χ0n) is 12.2. The second-order valence-corrected chi connectivity index (χ2v) is 5.59. The van der Waals surface area contributed by atoms with Crippen LogP contribution < -0.4 is 0 Å². The van der Waals surface area contributed by atoms with Crippen molar-refractivity contribution in [3.05, 3.63) is 35.4 Å². The summed E-state index contributed by atoms with van der Waals surface area (Å²) < 4.78 is 5.69. The average molecular weight is 263 g/mol. The SMILES string of the molecule is CCC1COC(C)CN1CC(O)c1ccc(C)cc1. The van der Waals surface area contributed by atoms with Crippen molar-refractivity contribution in [2.75, 3.05) is 19.7 Å². The molecule has 0 amide bonds. The molecule has 3 unspecified atom stereocenters. The number of aryl methyl sites for hydroxylation is 1. The molecular weight excluding hydrogens is 238 g/mol. The summed E-state index contributed by atoms with van der Waals surface area (Å²) in [7, 11) is 0. The predicted octanol–water partition coefficient (Wildman–Crippen LogP) is 2.53. The van der Waals surface area contributed by atoms with Crippen LogP contribution in [0.3, 0.4) is 0 Å². The normalized spacial score (nSPS) is 26.3. The van der Waals surface area contributed by atoms with Crippen LogP contribution in [0, 0.1) is 6.92 Å². The molecule has 2 rings (SSSR count). The van der Waals surface area contributed by atoms with E-state index in [1.165, 1.54) is 5.56 Å². The number of nitrogens with zero attached hydrogens (tertiary/aromatic N) is 1. The molecule has 1 aromatic rings. The number of aliphatic hydroxyl groups is 1. The van der Waals surface area contributed by atoms with Gasteiger partial charge in [-0.3, -0.25) is 4.90 Å². The first-order valence-corrected chi connectivity index (χ1v) is 7.20. The minimum Gasteiger partial charge on any atom is -0.387 e. The number of morpholine rings is 1. The predicted molar refractivity (Wildman–Crippen MR) is 77.2 cm³/mol. The first-order chi connectivity index (χ1) is 9.10. The van der Waals surface area contributed by atoms with Gasteiger partial charge in [-0.15, -0.1) is 0 Å².